The summed E-state index contributed by atoms with van der Waals surface area (Å²) in [6, 6.07) is 3.77. The van der Waals surface area contributed by atoms with Crippen molar-refractivity contribution in [2.75, 3.05) is 11.9 Å². The molecule has 0 saturated heterocycles. The van der Waals surface area contributed by atoms with Crippen molar-refractivity contribution in [2.24, 2.45) is 7.05 Å². The second-order valence-electron chi connectivity index (χ2n) is 4.09. The molecule has 0 spiro atoms. The normalized spacial score (nSPS) is 10.3. The molecular weight excluding hydrogens is 278 g/mol. The lowest BCUT2D eigenvalue weighted by Gasteiger charge is -2.04. The topological polar surface area (TPSA) is 73.2 Å². The van der Waals surface area contributed by atoms with Gasteiger partial charge in [-0.25, -0.2) is 4.79 Å². The molecule has 0 radical (unpaired) electrons. The van der Waals surface area contributed by atoms with Crippen molar-refractivity contribution in [3.63, 3.8) is 0 Å². The first kappa shape index (κ1) is 14.3. The molecule has 7 heteroatoms. The zero-order valence-corrected chi connectivity index (χ0v) is 12.1. The van der Waals surface area contributed by atoms with Crippen molar-refractivity contribution < 1.29 is 14.3 Å². The summed E-state index contributed by atoms with van der Waals surface area (Å²) in [6.07, 6.45) is 1.79. The third-order valence-electron chi connectivity index (χ3n) is 2.50. The SMILES string of the molecule is CCOC(=O)c1cn(C)nc1NC(=O)Cc1cccs1. The van der Waals surface area contributed by atoms with Gasteiger partial charge in [-0.1, -0.05) is 6.07 Å². The van der Waals surface area contributed by atoms with Gasteiger partial charge in [0.15, 0.2) is 5.82 Å². The predicted octanol–water partition coefficient (Wildman–Crippen LogP) is 1.84. The highest BCUT2D eigenvalue weighted by Crippen LogP contribution is 2.15. The summed E-state index contributed by atoms with van der Waals surface area (Å²) in [6.45, 7) is 2.00. The van der Waals surface area contributed by atoms with Crippen molar-refractivity contribution in [2.45, 2.75) is 13.3 Å². The van der Waals surface area contributed by atoms with Crippen LogP contribution in [0.2, 0.25) is 0 Å². The van der Waals surface area contributed by atoms with Crippen molar-refractivity contribution in [3.8, 4) is 0 Å². The Bertz CT molecular complexity index is 604. The number of thiophene rings is 1. The van der Waals surface area contributed by atoms with Gasteiger partial charge in [0.25, 0.3) is 0 Å². The summed E-state index contributed by atoms with van der Waals surface area (Å²) in [5.74, 6) is -0.476. The van der Waals surface area contributed by atoms with Crippen molar-refractivity contribution in [3.05, 3.63) is 34.2 Å². The zero-order valence-electron chi connectivity index (χ0n) is 11.3. The van der Waals surface area contributed by atoms with Crippen LogP contribution in [0.25, 0.3) is 0 Å². The van der Waals surface area contributed by atoms with Gasteiger partial charge in [-0.15, -0.1) is 11.3 Å². The second kappa shape index (κ2) is 6.33. The number of amides is 1. The molecule has 0 aromatic carbocycles. The highest BCUT2D eigenvalue weighted by molar-refractivity contribution is 7.10. The molecule has 2 heterocycles. The Balaban J connectivity index is 2.08. The lowest BCUT2D eigenvalue weighted by Crippen LogP contribution is -2.17. The number of rotatable bonds is 5. The Morgan fingerprint density at radius 2 is 2.30 bits per heavy atom. The number of nitrogens with one attached hydrogen (secondary N) is 1. The smallest absolute Gasteiger partial charge is 0.343 e. The van der Waals surface area contributed by atoms with Crippen molar-refractivity contribution >= 4 is 29.0 Å². The zero-order chi connectivity index (χ0) is 14.5. The molecule has 106 valence electrons. The summed E-state index contributed by atoms with van der Waals surface area (Å²) in [5, 5.41) is 8.62. The molecule has 0 aliphatic carbocycles. The summed E-state index contributed by atoms with van der Waals surface area (Å²) in [4.78, 5) is 24.6. The molecule has 1 N–H and O–H groups in total. The molecular formula is C13H15N3O3S. The molecule has 20 heavy (non-hydrogen) atoms. The number of ether oxygens (including phenoxy) is 1. The number of anilines is 1. The van der Waals surface area contributed by atoms with E-state index in [1.54, 1.807) is 14.0 Å². The molecule has 0 unspecified atom stereocenters. The average Bonchev–Trinajstić information content (AvgIpc) is 2.99. The van der Waals surface area contributed by atoms with Gasteiger partial charge in [0.1, 0.15) is 5.56 Å². The standard InChI is InChI=1S/C13H15N3O3S/c1-3-19-13(18)10-8-16(2)15-12(10)14-11(17)7-9-5-4-6-20-9/h4-6,8H,3,7H2,1-2H3,(H,14,15,17). The van der Waals surface area contributed by atoms with Gasteiger partial charge in [-0.3, -0.25) is 9.48 Å². The first-order valence-electron chi connectivity index (χ1n) is 6.13. The van der Waals surface area contributed by atoms with Gasteiger partial charge < -0.3 is 10.1 Å². The molecule has 0 atom stereocenters. The Morgan fingerprint density at radius 1 is 1.50 bits per heavy atom. The van der Waals surface area contributed by atoms with Gasteiger partial charge in [-0.2, -0.15) is 5.10 Å². The number of hydrogen-bond donors (Lipinski definition) is 1. The fourth-order valence-electron chi connectivity index (χ4n) is 1.69. The Labute approximate surface area is 120 Å². The molecule has 0 aliphatic rings. The molecule has 0 aliphatic heterocycles. The van der Waals surface area contributed by atoms with Crippen LogP contribution in [-0.4, -0.2) is 28.3 Å². The third-order valence-corrected chi connectivity index (χ3v) is 3.37. The fraction of sp³-hybridized carbons (Fsp3) is 0.308. The molecule has 6 nitrogen and oxygen atoms in total. The van der Waals surface area contributed by atoms with E-state index in [4.69, 9.17) is 4.74 Å². The maximum Gasteiger partial charge on any atom is 0.343 e. The maximum absolute atomic E-state index is 11.9. The summed E-state index contributed by atoms with van der Waals surface area (Å²) >= 11 is 1.51. The molecule has 2 aromatic heterocycles. The number of hydrogen-bond acceptors (Lipinski definition) is 5. The van der Waals surface area contributed by atoms with E-state index in [-0.39, 0.29) is 30.3 Å². The van der Waals surface area contributed by atoms with E-state index in [2.05, 4.69) is 10.4 Å². The van der Waals surface area contributed by atoms with Crippen LogP contribution in [0.5, 0.6) is 0 Å². The molecule has 1 amide bonds. The monoisotopic (exact) mass is 293 g/mol. The lowest BCUT2D eigenvalue weighted by molar-refractivity contribution is -0.115. The van der Waals surface area contributed by atoms with Crippen LogP contribution >= 0.6 is 11.3 Å². The molecule has 0 saturated carbocycles. The van der Waals surface area contributed by atoms with Crippen LogP contribution in [0.15, 0.2) is 23.7 Å². The van der Waals surface area contributed by atoms with Crippen LogP contribution < -0.4 is 5.32 Å². The van der Waals surface area contributed by atoms with Crippen LogP contribution in [0.1, 0.15) is 22.2 Å². The van der Waals surface area contributed by atoms with E-state index in [1.165, 1.54) is 22.2 Å². The van der Waals surface area contributed by atoms with Gasteiger partial charge >= 0.3 is 5.97 Å². The van der Waals surface area contributed by atoms with Gasteiger partial charge in [0, 0.05) is 18.1 Å². The first-order valence-corrected chi connectivity index (χ1v) is 7.01. The minimum absolute atomic E-state index is 0.211. The quantitative estimate of drug-likeness (QED) is 0.854. The minimum Gasteiger partial charge on any atom is -0.462 e. The predicted molar refractivity (Wildman–Crippen MR) is 75.8 cm³/mol. The van der Waals surface area contributed by atoms with Gasteiger partial charge in [0.05, 0.1) is 13.0 Å². The molecule has 0 fully saturated rings. The Hall–Kier alpha value is -2.15. The fourth-order valence-corrected chi connectivity index (χ4v) is 2.39. The maximum atomic E-state index is 11.9. The summed E-state index contributed by atoms with van der Waals surface area (Å²) in [7, 11) is 1.68. The van der Waals surface area contributed by atoms with Crippen LogP contribution in [0.4, 0.5) is 5.82 Å². The summed E-state index contributed by atoms with van der Waals surface area (Å²) < 4.78 is 6.39. The number of carbonyl (C=O) groups excluding carboxylic acids is 2. The Morgan fingerprint density at radius 3 is 2.95 bits per heavy atom. The number of aromatic nitrogens is 2. The highest BCUT2D eigenvalue weighted by Gasteiger charge is 2.18. The van der Waals surface area contributed by atoms with Gasteiger partial charge in [0.2, 0.25) is 5.91 Å². The van der Waals surface area contributed by atoms with E-state index in [0.717, 1.165) is 4.88 Å². The van der Waals surface area contributed by atoms with E-state index < -0.39 is 5.97 Å². The second-order valence-corrected chi connectivity index (χ2v) is 5.12. The summed E-state index contributed by atoms with van der Waals surface area (Å²) in [5.41, 5.74) is 0.258. The van der Waals surface area contributed by atoms with E-state index in [1.807, 2.05) is 17.5 Å². The third kappa shape index (κ3) is 3.45. The van der Waals surface area contributed by atoms with E-state index in [0.29, 0.717) is 0 Å². The van der Waals surface area contributed by atoms with Crippen molar-refractivity contribution in [1.82, 2.24) is 9.78 Å². The first-order chi connectivity index (χ1) is 9.60. The highest BCUT2D eigenvalue weighted by atomic mass is 32.1. The number of carbonyl (C=O) groups is 2. The van der Waals surface area contributed by atoms with Gasteiger partial charge in [-0.05, 0) is 18.4 Å². The van der Waals surface area contributed by atoms with E-state index >= 15 is 0 Å². The van der Waals surface area contributed by atoms with Crippen LogP contribution in [0, 0.1) is 0 Å². The molecule has 0 bridgehead atoms. The van der Waals surface area contributed by atoms with Crippen molar-refractivity contribution in [1.29, 1.82) is 0 Å². The van der Waals surface area contributed by atoms with Crippen LogP contribution in [0.3, 0.4) is 0 Å². The number of nitrogens with zero attached hydrogens (tertiary/aromatic N) is 2. The number of aryl methyl sites for hydroxylation is 1. The van der Waals surface area contributed by atoms with Crippen LogP contribution in [-0.2, 0) is 23.0 Å². The lowest BCUT2D eigenvalue weighted by atomic mass is 10.3. The largest absolute Gasteiger partial charge is 0.462 e. The number of esters is 1. The minimum atomic E-state index is -0.493. The average molecular weight is 293 g/mol. The Kier molecular flexibility index (Phi) is 4.52. The molecule has 2 rings (SSSR count). The van der Waals surface area contributed by atoms with E-state index in [9.17, 15) is 9.59 Å². The molecule has 2 aromatic rings.